The highest BCUT2D eigenvalue weighted by Crippen LogP contribution is 2.33. The average molecular weight is 435 g/mol. The highest BCUT2D eigenvalue weighted by Gasteiger charge is 2.56. The number of amides is 5. The van der Waals surface area contributed by atoms with Gasteiger partial charge >= 0.3 is 18.4 Å². The topological polar surface area (TPSA) is 91.0 Å². The van der Waals surface area contributed by atoms with Gasteiger partial charge in [-0.05, 0) is 38.5 Å². The maximum atomic E-state index is 12.7. The van der Waals surface area contributed by atoms with Crippen molar-refractivity contribution in [2.45, 2.75) is 38.2 Å². The molecule has 2 aliphatic rings. The predicted molar refractivity (Wildman–Crippen MR) is 96.6 cm³/mol. The third kappa shape index (κ3) is 4.19. The van der Waals surface area contributed by atoms with Gasteiger partial charge in [0.25, 0.3) is 5.91 Å². The van der Waals surface area contributed by atoms with Gasteiger partial charge in [0, 0.05) is 18.3 Å². The van der Waals surface area contributed by atoms with Crippen molar-refractivity contribution < 1.29 is 32.3 Å². The van der Waals surface area contributed by atoms with Crippen molar-refractivity contribution >= 4 is 35.3 Å². The van der Waals surface area contributed by atoms with E-state index < -0.39 is 29.7 Å². The quantitative estimate of drug-likeness (QED) is 0.715. The molecule has 2 fully saturated rings. The summed E-state index contributed by atoms with van der Waals surface area (Å²) in [5, 5.41) is 4.85. The van der Waals surface area contributed by atoms with Gasteiger partial charge in [0.1, 0.15) is 11.3 Å². The third-order valence-corrected chi connectivity index (χ3v) is 4.97. The second kappa shape index (κ2) is 7.29. The van der Waals surface area contributed by atoms with Crippen molar-refractivity contribution in [2.75, 3.05) is 18.4 Å². The number of hydrogen-bond donors (Lipinski definition) is 2. The number of nitrogens with zero attached hydrogens (tertiary/aromatic N) is 2. The van der Waals surface area contributed by atoms with Crippen LogP contribution in [0.2, 0.25) is 5.02 Å². The van der Waals surface area contributed by atoms with Crippen LogP contribution in [0.15, 0.2) is 18.2 Å². The van der Waals surface area contributed by atoms with Crippen LogP contribution in [0.4, 0.5) is 28.4 Å². The minimum absolute atomic E-state index is 0.0182. The monoisotopic (exact) mass is 434 g/mol. The Hall–Kier alpha value is -2.69. The number of nitrogens with one attached hydrogen (secondary N) is 2. The van der Waals surface area contributed by atoms with E-state index >= 15 is 0 Å². The van der Waals surface area contributed by atoms with Gasteiger partial charge in [0.15, 0.2) is 0 Å². The minimum Gasteiger partial charge on any atom is -0.404 e. The second-order valence-corrected chi connectivity index (χ2v) is 7.48. The molecule has 29 heavy (non-hydrogen) atoms. The summed E-state index contributed by atoms with van der Waals surface area (Å²) in [5.74, 6) is -0.977. The summed E-state index contributed by atoms with van der Waals surface area (Å²) < 4.78 is 40.7. The Morgan fingerprint density at radius 1 is 1.34 bits per heavy atom. The fourth-order valence-electron chi connectivity index (χ4n) is 3.36. The Balaban J connectivity index is 1.66. The lowest BCUT2D eigenvalue weighted by molar-refractivity contribution is -0.274. The molecule has 0 aliphatic carbocycles. The van der Waals surface area contributed by atoms with E-state index in [4.69, 9.17) is 11.6 Å². The number of anilines is 1. The molecule has 2 heterocycles. The van der Waals surface area contributed by atoms with Gasteiger partial charge in [-0.3, -0.25) is 9.69 Å². The van der Waals surface area contributed by atoms with Gasteiger partial charge in [0.2, 0.25) is 0 Å². The van der Waals surface area contributed by atoms with Crippen LogP contribution < -0.4 is 15.4 Å². The van der Waals surface area contributed by atoms with Crippen molar-refractivity contribution in [3.05, 3.63) is 23.2 Å². The fourth-order valence-corrected chi connectivity index (χ4v) is 3.58. The van der Waals surface area contributed by atoms with Crippen LogP contribution in [0.1, 0.15) is 20.3 Å². The fraction of sp³-hybridized carbons (Fsp3) is 0.471. The van der Waals surface area contributed by atoms with Crippen LogP contribution in [0.5, 0.6) is 5.75 Å². The summed E-state index contributed by atoms with van der Waals surface area (Å²) in [6, 6.07) is 1.92. The Morgan fingerprint density at radius 2 is 2.03 bits per heavy atom. The Bertz CT molecular complexity index is 864. The van der Waals surface area contributed by atoms with Gasteiger partial charge in [-0.15, -0.1) is 13.2 Å². The lowest BCUT2D eigenvalue weighted by Gasteiger charge is -2.23. The van der Waals surface area contributed by atoms with E-state index in [1.165, 1.54) is 11.0 Å². The SMILES string of the molecule is CC(C)N1C(=O)NC2(CCN(C(=O)Nc3ccc(OC(F)(F)F)c(Cl)c3)C2)C1=O. The number of halogens is 4. The summed E-state index contributed by atoms with van der Waals surface area (Å²) >= 11 is 5.77. The Kier molecular flexibility index (Phi) is 5.28. The lowest BCUT2D eigenvalue weighted by Crippen LogP contribution is -2.50. The van der Waals surface area contributed by atoms with Crippen molar-refractivity contribution in [1.29, 1.82) is 0 Å². The number of carbonyl (C=O) groups excluding carboxylic acids is 3. The maximum absolute atomic E-state index is 12.7. The number of carbonyl (C=O) groups is 3. The molecule has 158 valence electrons. The first-order valence-electron chi connectivity index (χ1n) is 8.69. The number of imide groups is 1. The smallest absolute Gasteiger partial charge is 0.404 e. The molecule has 8 nitrogen and oxygen atoms in total. The number of urea groups is 2. The molecule has 2 saturated heterocycles. The zero-order chi connectivity index (χ0) is 21.6. The van der Waals surface area contributed by atoms with E-state index in [2.05, 4.69) is 15.4 Å². The molecule has 0 aromatic heterocycles. The van der Waals surface area contributed by atoms with Crippen LogP contribution in [0.25, 0.3) is 0 Å². The summed E-state index contributed by atoms with van der Waals surface area (Å²) in [6.07, 6.45) is -4.63. The number of alkyl halides is 3. The van der Waals surface area contributed by atoms with Crippen molar-refractivity contribution in [3.63, 3.8) is 0 Å². The van der Waals surface area contributed by atoms with Gasteiger partial charge in [-0.25, -0.2) is 9.59 Å². The molecule has 2 aliphatic heterocycles. The van der Waals surface area contributed by atoms with Crippen LogP contribution in [0, 0.1) is 0 Å². The normalized spacial score (nSPS) is 21.9. The summed E-state index contributed by atoms with van der Waals surface area (Å²) in [6.45, 7) is 3.63. The highest BCUT2D eigenvalue weighted by molar-refractivity contribution is 6.32. The Morgan fingerprint density at radius 3 is 2.59 bits per heavy atom. The molecule has 0 bridgehead atoms. The van der Waals surface area contributed by atoms with Crippen molar-refractivity contribution in [1.82, 2.24) is 15.1 Å². The summed E-state index contributed by atoms with van der Waals surface area (Å²) in [5.41, 5.74) is -1.01. The number of ether oxygens (including phenoxy) is 1. The molecule has 1 atom stereocenters. The molecule has 1 unspecified atom stereocenters. The van der Waals surface area contributed by atoms with Gasteiger partial charge in [-0.1, -0.05) is 11.6 Å². The van der Waals surface area contributed by atoms with E-state index in [1.54, 1.807) is 13.8 Å². The molecule has 12 heteroatoms. The number of likely N-dealkylation sites (tertiary alicyclic amines) is 1. The summed E-state index contributed by atoms with van der Waals surface area (Å²) in [7, 11) is 0. The van der Waals surface area contributed by atoms with Crippen molar-refractivity contribution in [3.8, 4) is 5.75 Å². The van der Waals surface area contributed by atoms with E-state index in [0.717, 1.165) is 17.0 Å². The molecule has 5 amide bonds. The Labute approximate surface area is 168 Å². The van der Waals surface area contributed by atoms with Crippen molar-refractivity contribution in [2.24, 2.45) is 0 Å². The molecular formula is C17H18ClF3N4O4. The zero-order valence-corrected chi connectivity index (χ0v) is 16.2. The van der Waals surface area contributed by atoms with Crippen LogP contribution in [-0.4, -0.2) is 58.8 Å². The van der Waals surface area contributed by atoms with Crippen LogP contribution in [0.3, 0.4) is 0 Å². The zero-order valence-electron chi connectivity index (χ0n) is 15.5. The van der Waals surface area contributed by atoms with E-state index in [-0.39, 0.29) is 42.2 Å². The van der Waals surface area contributed by atoms with Gasteiger partial charge < -0.3 is 20.3 Å². The van der Waals surface area contributed by atoms with E-state index in [0.29, 0.717) is 0 Å². The maximum Gasteiger partial charge on any atom is 0.573 e. The lowest BCUT2D eigenvalue weighted by atomic mass is 9.99. The van der Waals surface area contributed by atoms with Crippen LogP contribution in [-0.2, 0) is 4.79 Å². The molecule has 0 saturated carbocycles. The number of benzene rings is 1. The third-order valence-electron chi connectivity index (χ3n) is 4.67. The van der Waals surface area contributed by atoms with Gasteiger partial charge in [0.05, 0.1) is 11.6 Å². The largest absolute Gasteiger partial charge is 0.573 e. The van der Waals surface area contributed by atoms with Crippen LogP contribution >= 0.6 is 11.6 Å². The molecular weight excluding hydrogens is 417 g/mol. The molecule has 3 rings (SSSR count). The van der Waals surface area contributed by atoms with E-state index in [9.17, 15) is 27.6 Å². The number of rotatable bonds is 3. The summed E-state index contributed by atoms with van der Waals surface area (Å²) in [4.78, 5) is 39.7. The molecule has 0 radical (unpaired) electrons. The van der Waals surface area contributed by atoms with E-state index in [1.807, 2.05) is 0 Å². The molecule has 1 aromatic rings. The average Bonchev–Trinajstić information content (AvgIpc) is 3.11. The highest BCUT2D eigenvalue weighted by atomic mass is 35.5. The molecule has 2 N–H and O–H groups in total. The minimum atomic E-state index is -4.89. The first-order valence-corrected chi connectivity index (χ1v) is 9.07. The molecule has 1 spiro atoms. The molecule has 1 aromatic carbocycles. The number of hydrogen-bond acceptors (Lipinski definition) is 4. The standard InChI is InChI=1S/C17H18ClF3N4O4/c1-9(2)25-13(26)16(23-15(25)28)5-6-24(8-16)14(27)22-10-3-4-12(11(18)7-10)29-17(19,20)21/h3-4,7,9H,5-6,8H2,1-2H3,(H,22,27)(H,23,28). The van der Waals surface area contributed by atoms with Gasteiger partial charge in [-0.2, -0.15) is 0 Å². The second-order valence-electron chi connectivity index (χ2n) is 7.08. The first kappa shape index (κ1) is 21.0. The first-order chi connectivity index (χ1) is 13.4. The predicted octanol–water partition coefficient (Wildman–Crippen LogP) is 3.18.